The fourth-order valence-electron chi connectivity index (χ4n) is 7.35. The Hall–Kier alpha value is -2.67. The third-order valence-electron chi connectivity index (χ3n) is 9.92. The first-order chi connectivity index (χ1) is 20.5. The lowest BCUT2D eigenvalue weighted by Gasteiger charge is -2.64. The Morgan fingerprint density at radius 2 is 1.84 bits per heavy atom. The van der Waals surface area contributed by atoms with Crippen LogP contribution in [0.2, 0.25) is 0 Å². The van der Waals surface area contributed by atoms with E-state index in [2.05, 4.69) is 70.5 Å². The van der Waals surface area contributed by atoms with E-state index in [0.717, 1.165) is 25.7 Å². The van der Waals surface area contributed by atoms with Crippen LogP contribution in [0.4, 0.5) is 0 Å². The standard InChI is InChI=1S/C31H55BN6O6/c1-19(2)11-9-12-21(5)16-27(39)35-23(13-10-14-34-29(33)37-38(41)42)28(40)36-26(15-20(3)4)32-43-25-18-22-17-24(30(22,6)7)31(25,8)44-32/h11,20-26H,9-10,12-18H2,1-8H3,(H,35,39)(H,36,40)(H3,33,34,37)/t21-,22+,23+,24+,25-,26+,31+/m1/s1. The number of amides is 2. The number of allylic oxidation sites excluding steroid dienone is 2. The maximum Gasteiger partial charge on any atom is 0.481 e. The molecule has 4 rings (SSSR count). The molecular weight excluding hydrogens is 563 g/mol. The molecule has 0 unspecified atom stereocenters. The van der Waals surface area contributed by atoms with Gasteiger partial charge in [0, 0.05) is 13.0 Å². The van der Waals surface area contributed by atoms with Gasteiger partial charge in [0.1, 0.15) is 6.04 Å². The molecule has 0 radical (unpaired) electrons. The lowest BCUT2D eigenvalue weighted by atomic mass is 9.43. The number of nitrogens with one attached hydrogen (secondary N) is 5. The Balaban J connectivity index is 1.67. The molecule has 3 aliphatic carbocycles. The van der Waals surface area contributed by atoms with E-state index >= 15 is 0 Å². The summed E-state index contributed by atoms with van der Waals surface area (Å²) in [5.41, 5.74) is 2.81. The maximum atomic E-state index is 13.8. The van der Waals surface area contributed by atoms with Crippen LogP contribution >= 0.6 is 0 Å². The predicted octanol–water partition coefficient (Wildman–Crippen LogP) is 4.13. The molecule has 0 aromatic heterocycles. The first-order valence-corrected chi connectivity index (χ1v) is 16.3. The zero-order chi connectivity index (χ0) is 32.8. The second-order valence-electron chi connectivity index (χ2n) is 14.7. The van der Waals surface area contributed by atoms with Gasteiger partial charge in [0.15, 0.2) is 5.03 Å². The summed E-state index contributed by atoms with van der Waals surface area (Å²) in [6.45, 7) is 17.3. The first-order valence-electron chi connectivity index (χ1n) is 16.3. The van der Waals surface area contributed by atoms with Gasteiger partial charge in [-0.25, -0.2) is 10.1 Å². The number of guanidine groups is 1. The molecule has 0 aromatic rings. The van der Waals surface area contributed by atoms with Gasteiger partial charge in [0.2, 0.25) is 11.8 Å². The Kier molecular flexibility index (Phi) is 12.3. The van der Waals surface area contributed by atoms with Crippen molar-refractivity contribution in [1.82, 2.24) is 21.4 Å². The molecule has 7 atom stereocenters. The highest BCUT2D eigenvalue weighted by Crippen LogP contribution is 2.65. The van der Waals surface area contributed by atoms with E-state index in [1.54, 1.807) is 5.43 Å². The quantitative estimate of drug-likeness (QED) is 0.0327. The third kappa shape index (κ3) is 9.18. The molecular formula is C31H55BN6O6. The minimum atomic E-state index is -0.812. The van der Waals surface area contributed by atoms with Gasteiger partial charge in [-0.05, 0) is 94.8 Å². The Morgan fingerprint density at radius 1 is 1.14 bits per heavy atom. The van der Waals surface area contributed by atoms with Crippen LogP contribution in [0.3, 0.4) is 0 Å². The van der Waals surface area contributed by atoms with Crippen molar-refractivity contribution in [1.29, 1.82) is 5.41 Å². The summed E-state index contributed by atoms with van der Waals surface area (Å²) < 4.78 is 13.2. The maximum absolute atomic E-state index is 13.8. The van der Waals surface area contributed by atoms with E-state index in [-0.39, 0.29) is 47.7 Å². The number of nitro groups is 1. The smallest absolute Gasteiger partial charge is 0.404 e. The van der Waals surface area contributed by atoms with E-state index < -0.39 is 29.8 Å². The summed E-state index contributed by atoms with van der Waals surface area (Å²) in [7, 11) is -0.576. The highest BCUT2D eigenvalue weighted by molar-refractivity contribution is 6.48. The average Bonchev–Trinajstić information content (AvgIpc) is 3.26. The fraction of sp³-hybridized carbons (Fsp3) is 0.839. The summed E-state index contributed by atoms with van der Waals surface area (Å²) in [5, 5.41) is 26.1. The van der Waals surface area contributed by atoms with E-state index in [1.807, 2.05) is 6.92 Å². The Morgan fingerprint density at radius 3 is 2.45 bits per heavy atom. The van der Waals surface area contributed by atoms with Crippen LogP contribution in [0.15, 0.2) is 11.6 Å². The van der Waals surface area contributed by atoms with E-state index in [1.165, 1.54) is 5.57 Å². The number of hydrogen-bond acceptors (Lipinski definition) is 7. The van der Waals surface area contributed by atoms with Crippen LogP contribution in [0.25, 0.3) is 0 Å². The fourth-order valence-corrected chi connectivity index (χ4v) is 7.35. The third-order valence-corrected chi connectivity index (χ3v) is 9.92. The van der Waals surface area contributed by atoms with Crippen molar-refractivity contribution in [3.8, 4) is 0 Å². The molecule has 44 heavy (non-hydrogen) atoms. The molecule has 1 saturated heterocycles. The molecule has 13 heteroatoms. The molecule has 0 aromatic carbocycles. The molecule has 3 saturated carbocycles. The van der Waals surface area contributed by atoms with Crippen LogP contribution in [-0.4, -0.2) is 60.2 Å². The Bertz CT molecular complexity index is 1080. The molecule has 5 N–H and O–H groups in total. The van der Waals surface area contributed by atoms with Crippen LogP contribution < -0.4 is 21.4 Å². The minimum Gasteiger partial charge on any atom is -0.404 e. The van der Waals surface area contributed by atoms with Gasteiger partial charge in [-0.15, -0.1) is 0 Å². The Labute approximate surface area is 263 Å². The van der Waals surface area contributed by atoms with Crippen molar-refractivity contribution in [3.63, 3.8) is 0 Å². The van der Waals surface area contributed by atoms with Crippen molar-refractivity contribution in [2.24, 2.45) is 29.1 Å². The summed E-state index contributed by atoms with van der Waals surface area (Å²) >= 11 is 0. The van der Waals surface area contributed by atoms with Gasteiger partial charge >= 0.3 is 7.12 Å². The van der Waals surface area contributed by atoms with E-state index in [9.17, 15) is 19.7 Å². The van der Waals surface area contributed by atoms with Gasteiger partial charge in [0.25, 0.3) is 5.96 Å². The normalized spacial score (nSPS) is 26.8. The van der Waals surface area contributed by atoms with Crippen molar-refractivity contribution in [2.75, 3.05) is 6.54 Å². The van der Waals surface area contributed by atoms with Gasteiger partial charge in [0.05, 0.1) is 17.6 Å². The predicted molar refractivity (Wildman–Crippen MR) is 171 cm³/mol. The summed E-state index contributed by atoms with van der Waals surface area (Å²) in [6.07, 6.45) is 7.67. The second kappa shape index (κ2) is 15.1. The highest BCUT2D eigenvalue weighted by atomic mass is 16.7. The van der Waals surface area contributed by atoms with Crippen molar-refractivity contribution < 1.29 is 23.9 Å². The van der Waals surface area contributed by atoms with Gasteiger partial charge < -0.3 is 25.3 Å². The minimum absolute atomic E-state index is 0.00617. The molecule has 0 spiro atoms. The average molecular weight is 619 g/mol. The number of carbonyl (C=O) groups is 2. The van der Waals surface area contributed by atoms with Gasteiger partial charge in [-0.3, -0.25) is 15.0 Å². The lowest BCUT2D eigenvalue weighted by Crippen LogP contribution is -2.65. The number of hydrogen-bond donors (Lipinski definition) is 5. The molecule has 1 heterocycles. The summed E-state index contributed by atoms with van der Waals surface area (Å²) in [6, 6.07) is -0.812. The number of rotatable bonds is 16. The summed E-state index contributed by atoms with van der Waals surface area (Å²) in [5.74, 6) is 0.116. The summed E-state index contributed by atoms with van der Waals surface area (Å²) in [4.78, 5) is 37.4. The van der Waals surface area contributed by atoms with E-state index in [0.29, 0.717) is 37.5 Å². The largest absolute Gasteiger partial charge is 0.481 e. The zero-order valence-electron chi connectivity index (χ0n) is 28.0. The molecule has 4 fully saturated rings. The van der Waals surface area contributed by atoms with Gasteiger partial charge in [-0.1, -0.05) is 51.7 Å². The number of hydrazine groups is 1. The number of carbonyl (C=O) groups excluding carboxylic acids is 2. The molecule has 4 aliphatic rings. The topological polar surface area (TPSA) is 168 Å². The highest BCUT2D eigenvalue weighted by Gasteiger charge is 2.68. The molecule has 2 bridgehead atoms. The lowest BCUT2D eigenvalue weighted by molar-refractivity contribution is -0.525. The molecule has 12 nitrogen and oxygen atoms in total. The monoisotopic (exact) mass is 618 g/mol. The van der Waals surface area contributed by atoms with Gasteiger partial charge in [-0.2, -0.15) is 0 Å². The zero-order valence-corrected chi connectivity index (χ0v) is 28.0. The SMILES string of the molecule is CC(C)=CCC[C@@H](C)CC(=O)N[C@@H](CCCNC(=N)N[N+](=O)[O-])C(=O)N[C@@H](CC(C)C)B1O[C@@H]2C[C@@H]3C[C@@H](C3(C)C)[C@]2(C)O1. The van der Waals surface area contributed by atoms with Crippen LogP contribution in [0.5, 0.6) is 0 Å². The molecule has 1 aliphatic heterocycles. The van der Waals surface area contributed by atoms with Crippen LogP contribution in [-0.2, 0) is 18.9 Å². The van der Waals surface area contributed by atoms with Crippen LogP contribution in [0, 0.1) is 44.6 Å². The first kappa shape index (κ1) is 35.8. The number of nitrogens with zero attached hydrogens (tertiary/aromatic N) is 1. The van der Waals surface area contributed by atoms with Crippen molar-refractivity contribution in [2.45, 2.75) is 130 Å². The molecule has 2 amide bonds. The van der Waals surface area contributed by atoms with Crippen molar-refractivity contribution in [3.05, 3.63) is 21.8 Å². The van der Waals surface area contributed by atoms with E-state index in [4.69, 9.17) is 14.7 Å². The molecule has 248 valence electrons. The van der Waals surface area contributed by atoms with Crippen molar-refractivity contribution >= 4 is 24.9 Å². The van der Waals surface area contributed by atoms with Crippen LogP contribution in [0.1, 0.15) is 107 Å². The second-order valence-corrected chi connectivity index (χ2v) is 14.7.